The fourth-order valence-corrected chi connectivity index (χ4v) is 2.33. The van der Waals surface area contributed by atoms with Gasteiger partial charge in [-0.3, -0.25) is 4.79 Å². The first-order valence-corrected chi connectivity index (χ1v) is 6.86. The Hall–Kier alpha value is -2.33. The summed E-state index contributed by atoms with van der Waals surface area (Å²) in [6, 6.07) is 11.2. The molecule has 0 bridgehead atoms. The van der Waals surface area contributed by atoms with Gasteiger partial charge >= 0.3 is 0 Å². The molecule has 110 valence electrons. The number of aromatic hydroxyl groups is 1. The SMILES string of the molecule is Cc1cc(CNCc2cccc(C(N)=O)c2)cc(C)c1O. The molecule has 0 radical (unpaired) electrons. The highest BCUT2D eigenvalue weighted by Gasteiger charge is 2.04. The zero-order valence-corrected chi connectivity index (χ0v) is 12.3. The smallest absolute Gasteiger partial charge is 0.248 e. The first-order valence-electron chi connectivity index (χ1n) is 6.86. The van der Waals surface area contributed by atoms with E-state index < -0.39 is 5.91 Å². The van der Waals surface area contributed by atoms with E-state index in [1.165, 1.54) is 0 Å². The second-order valence-electron chi connectivity index (χ2n) is 5.25. The number of benzene rings is 2. The monoisotopic (exact) mass is 284 g/mol. The molecule has 4 heteroatoms. The summed E-state index contributed by atoms with van der Waals surface area (Å²) < 4.78 is 0. The fourth-order valence-electron chi connectivity index (χ4n) is 2.33. The molecule has 0 spiro atoms. The van der Waals surface area contributed by atoms with Crippen molar-refractivity contribution < 1.29 is 9.90 Å². The standard InChI is InChI=1S/C17H20N2O2/c1-11-6-14(7-12(2)16(11)20)10-19-9-13-4-3-5-15(8-13)17(18)21/h3-8,19-20H,9-10H2,1-2H3,(H2,18,21). The van der Waals surface area contributed by atoms with E-state index >= 15 is 0 Å². The molecule has 0 aliphatic rings. The van der Waals surface area contributed by atoms with Gasteiger partial charge in [-0.15, -0.1) is 0 Å². The van der Waals surface area contributed by atoms with Crippen LogP contribution in [-0.4, -0.2) is 11.0 Å². The van der Waals surface area contributed by atoms with Crippen molar-refractivity contribution in [2.75, 3.05) is 0 Å². The number of phenols is 1. The van der Waals surface area contributed by atoms with Gasteiger partial charge in [-0.2, -0.15) is 0 Å². The van der Waals surface area contributed by atoms with E-state index in [0.29, 0.717) is 24.4 Å². The maximum absolute atomic E-state index is 11.1. The molecule has 2 rings (SSSR count). The van der Waals surface area contributed by atoms with Gasteiger partial charge in [0.15, 0.2) is 0 Å². The van der Waals surface area contributed by atoms with Gasteiger partial charge in [-0.1, -0.05) is 24.3 Å². The number of carbonyl (C=O) groups excluding carboxylic acids is 1. The lowest BCUT2D eigenvalue weighted by Gasteiger charge is -2.09. The number of nitrogens with one attached hydrogen (secondary N) is 1. The van der Waals surface area contributed by atoms with E-state index in [1.807, 2.05) is 38.1 Å². The van der Waals surface area contributed by atoms with Gasteiger partial charge < -0.3 is 16.2 Å². The first-order chi connectivity index (χ1) is 9.97. The van der Waals surface area contributed by atoms with Crippen molar-refractivity contribution in [1.82, 2.24) is 5.32 Å². The third kappa shape index (κ3) is 3.83. The molecular weight excluding hydrogens is 264 g/mol. The van der Waals surface area contributed by atoms with Crippen LogP contribution in [0, 0.1) is 13.8 Å². The molecule has 21 heavy (non-hydrogen) atoms. The number of amides is 1. The molecule has 0 heterocycles. The van der Waals surface area contributed by atoms with Crippen LogP contribution in [0.25, 0.3) is 0 Å². The Balaban J connectivity index is 1.98. The summed E-state index contributed by atoms with van der Waals surface area (Å²) in [6.45, 7) is 5.13. The minimum absolute atomic E-state index is 0.355. The van der Waals surface area contributed by atoms with Crippen molar-refractivity contribution in [2.45, 2.75) is 26.9 Å². The van der Waals surface area contributed by atoms with Gasteiger partial charge in [0.1, 0.15) is 5.75 Å². The van der Waals surface area contributed by atoms with Gasteiger partial charge in [-0.25, -0.2) is 0 Å². The Bertz CT molecular complexity index is 643. The van der Waals surface area contributed by atoms with E-state index in [2.05, 4.69) is 5.32 Å². The molecule has 0 saturated heterocycles. The summed E-state index contributed by atoms with van der Waals surface area (Å²) in [4.78, 5) is 11.1. The normalized spacial score (nSPS) is 10.6. The summed E-state index contributed by atoms with van der Waals surface area (Å²) >= 11 is 0. The number of aryl methyl sites for hydroxylation is 2. The second-order valence-corrected chi connectivity index (χ2v) is 5.25. The molecule has 4 nitrogen and oxygen atoms in total. The summed E-state index contributed by atoms with van der Waals surface area (Å²) in [6.07, 6.45) is 0. The Morgan fingerprint density at radius 3 is 2.33 bits per heavy atom. The number of hydrogen-bond acceptors (Lipinski definition) is 3. The molecule has 2 aromatic rings. The Morgan fingerprint density at radius 2 is 1.71 bits per heavy atom. The average molecular weight is 284 g/mol. The van der Waals surface area contributed by atoms with E-state index in [-0.39, 0.29) is 0 Å². The Labute approximate surface area is 124 Å². The van der Waals surface area contributed by atoms with Crippen LogP contribution >= 0.6 is 0 Å². The number of phenolic OH excluding ortho intramolecular Hbond substituents is 1. The van der Waals surface area contributed by atoms with Gasteiger partial charge in [0, 0.05) is 18.7 Å². The summed E-state index contributed by atoms with van der Waals surface area (Å²) in [5.74, 6) is -0.0606. The van der Waals surface area contributed by atoms with Crippen LogP contribution in [0.5, 0.6) is 5.75 Å². The molecule has 0 aromatic heterocycles. The number of hydrogen-bond donors (Lipinski definition) is 3. The van der Waals surface area contributed by atoms with Gasteiger partial charge in [-0.05, 0) is 48.2 Å². The van der Waals surface area contributed by atoms with Gasteiger partial charge in [0.05, 0.1) is 0 Å². The van der Waals surface area contributed by atoms with E-state index in [9.17, 15) is 9.90 Å². The third-order valence-corrected chi connectivity index (χ3v) is 3.42. The Morgan fingerprint density at radius 1 is 1.10 bits per heavy atom. The van der Waals surface area contributed by atoms with E-state index in [0.717, 1.165) is 22.3 Å². The third-order valence-electron chi connectivity index (χ3n) is 3.42. The Kier molecular flexibility index (Phi) is 4.60. The molecule has 0 unspecified atom stereocenters. The van der Waals surface area contributed by atoms with Crippen molar-refractivity contribution in [3.05, 3.63) is 64.2 Å². The van der Waals surface area contributed by atoms with Gasteiger partial charge in [0.25, 0.3) is 0 Å². The summed E-state index contributed by atoms with van der Waals surface area (Å²) in [7, 11) is 0. The highest BCUT2D eigenvalue weighted by Crippen LogP contribution is 2.22. The number of rotatable bonds is 5. The van der Waals surface area contributed by atoms with E-state index in [4.69, 9.17) is 5.73 Å². The molecule has 4 N–H and O–H groups in total. The topological polar surface area (TPSA) is 75.3 Å². The molecule has 0 aliphatic carbocycles. The number of primary amides is 1. The van der Waals surface area contributed by atoms with Crippen molar-refractivity contribution in [3.63, 3.8) is 0 Å². The van der Waals surface area contributed by atoms with Crippen LogP contribution in [-0.2, 0) is 13.1 Å². The molecular formula is C17H20N2O2. The zero-order chi connectivity index (χ0) is 15.4. The van der Waals surface area contributed by atoms with Crippen molar-refractivity contribution >= 4 is 5.91 Å². The first kappa shape index (κ1) is 15.1. The predicted molar refractivity (Wildman–Crippen MR) is 83.1 cm³/mol. The van der Waals surface area contributed by atoms with Crippen LogP contribution in [0.2, 0.25) is 0 Å². The molecule has 0 fully saturated rings. The van der Waals surface area contributed by atoms with Crippen LogP contribution < -0.4 is 11.1 Å². The lowest BCUT2D eigenvalue weighted by Crippen LogP contribution is -2.15. The maximum Gasteiger partial charge on any atom is 0.248 e. The summed E-state index contributed by atoms with van der Waals surface area (Å²) in [5.41, 5.74) is 9.67. The number of nitrogens with two attached hydrogens (primary N) is 1. The highest BCUT2D eigenvalue weighted by atomic mass is 16.3. The van der Waals surface area contributed by atoms with Crippen LogP contribution in [0.15, 0.2) is 36.4 Å². The van der Waals surface area contributed by atoms with E-state index in [1.54, 1.807) is 12.1 Å². The fraction of sp³-hybridized carbons (Fsp3) is 0.235. The predicted octanol–water partition coefficient (Wildman–Crippen LogP) is 2.40. The lowest BCUT2D eigenvalue weighted by atomic mass is 10.1. The van der Waals surface area contributed by atoms with Crippen LogP contribution in [0.3, 0.4) is 0 Å². The minimum Gasteiger partial charge on any atom is -0.507 e. The largest absolute Gasteiger partial charge is 0.507 e. The quantitative estimate of drug-likeness (QED) is 0.789. The second kappa shape index (κ2) is 6.41. The minimum atomic E-state index is -0.415. The van der Waals surface area contributed by atoms with Crippen molar-refractivity contribution in [2.24, 2.45) is 5.73 Å². The van der Waals surface area contributed by atoms with Crippen LogP contribution in [0.1, 0.15) is 32.6 Å². The molecule has 0 aliphatic heterocycles. The molecule has 0 saturated carbocycles. The lowest BCUT2D eigenvalue weighted by molar-refractivity contribution is 0.1000. The molecule has 0 atom stereocenters. The number of carbonyl (C=O) groups is 1. The zero-order valence-electron chi connectivity index (χ0n) is 12.3. The van der Waals surface area contributed by atoms with Crippen molar-refractivity contribution in [1.29, 1.82) is 0 Å². The van der Waals surface area contributed by atoms with Crippen molar-refractivity contribution in [3.8, 4) is 5.75 Å². The maximum atomic E-state index is 11.1. The molecule has 1 amide bonds. The van der Waals surface area contributed by atoms with Gasteiger partial charge in [0.2, 0.25) is 5.91 Å². The summed E-state index contributed by atoms with van der Waals surface area (Å²) in [5, 5.41) is 13.1. The highest BCUT2D eigenvalue weighted by molar-refractivity contribution is 5.92. The average Bonchev–Trinajstić information content (AvgIpc) is 2.45. The molecule has 2 aromatic carbocycles. The van der Waals surface area contributed by atoms with Crippen LogP contribution in [0.4, 0.5) is 0 Å².